The smallest absolute Gasteiger partial charge is 0.329 e. The Morgan fingerprint density at radius 3 is 2.47 bits per heavy atom. The van der Waals surface area contributed by atoms with Crippen LogP contribution in [0.25, 0.3) is 6.08 Å². The number of carboxylic acid groups (broad SMARTS) is 1. The third-order valence-electron chi connectivity index (χ3n) is 6.07. The Hall–Kier alpha value is -3.97. The molecule has 3 aromatic rings. The van der Waals surface area contributed by atoms with Crippen LogP contribution >= 0.6 is 0 Å². The summed E-state index contributed by atoms with van der Waals surface area (Å²) in [6, 6.07) is 17.9. The lowest BCUT2D eigenvalue weighted by molar-refractivity contribution is -0.153. The Labute approximate surface area is 197 Å². The molecule has 0 radical (unpaired) electrons. The molecule has 1 aliphatic carbocycles. The quantitative estimate of drug-likeness (QED) is 0.448. The molecule has 0 unspecified atom stereocenters. The first-order chi connectivity index (χ1) is 16.3. The van der Waals surface area contributed by atoms with Gasteiger partial charge in [0.15, 0.2) is 0 Å². The summed E-state index contributed by atoms with van der Waals surface area (Å²) in [5, 5.41) is 21.5. The number of aromatic nitrogens is 1. The molecular weight excluding hydrogens is 432 g/mol. The van der Waals surface area contributed by atoms with Gasteiger partial charge >= 0.3 is 5.97 Å². The molecule has 34 heavy (non-hydrogen) atoms. The highest BCUT2D eigenvalue weighted by Crippen LogP contribution is 2.33. The SMILES string of the molecule is Cc1ccc(C(=O)c2cccn2C/C=C/c2cccc(C(=O)NC3(C(=O)O)CC(O)C3)c2)cc1. The average molecular weight is 459 g/mol. The lowest BCUT2D eigenvalue weighted by atomic mass is 9.74. The van der Waals surface area contributed by atoms with E-state index >= 15 is 0 Å². The van der Waals surface area contributed by atoms with E-state index in [2.05, 4.69) is 5.32 Å². The molecule has 0 atom stereocenters. The topological polar surface area (TPSA) is 109 Å². The van der Waals surface area contributed by atoms with Gasteiger partial charge in [-0.1, -0.05) is 54.1 Å². The zero-order chi connectivity index (χ0) is 24.3. The summed E-state index contributed by atoms with van der Waals surface area (Å²) in [5.41, 5.74) is 1.99. The maximum absolute atomic E-state index is 12.9. The number of carboxylic acids is 1. The fourth-order valence-corrected chi connectivity index (χ4v) is 4.08. The van der Waals surface area contributed by atoms with Crippen LogP contribution in [0.3, 0.4) is 0 Å². The first-order valence-corrected chi connectivity index (χ1v) is 11.0. The minimum Gasteiger partial charge on any atom is -0.480 e. The van der Waals surface area contributed by atoms with E-state index in [0.29, 0.717) is 23.4 Å². The molecule has 1 saturated carbocycles. The van der Waals surface area contributed by atoms with Crippen molar-refractivity contribution in [2.45, 2.75) is 38.0 Å². The average Bonchev–Trinajstić information content (AvgIpc) is 3.26. The number of nitrogens with zero attached hydrogens (tertiary/aromatic N) is 1. The van der Waals surface area contributed by atoms with Gasteiger partial charge < -0.3 is 20.1 Å². The number of ketones is 1. The minimum atomic E-state index is -1.42. The highest BCUT2D eigenvalue weighted by Gasteiger charge is 2.51. The molecule has 1 aliphatic rings. The van der Waals surface area contributed by atoms with E-state index in [-0.39, 0.29) is 18.6 Å². The van der Waals surface area contributed by atoms with Crippen molar-refractivity contribution >= 4 is 23.7 Å². The molecule has 1 heterocycles. The molecule has 1 fully saturated rings. The molecule has 7 nitrogen and oxygen atoms in total. The second-order valence-electron chi connectivity index (χ2n) is 8.67. The molecule has 1 amide bonds. The van der Waals surface area contributed by atoms with E-state index < -0.39 is 23.5 Å². The largest absolute Gasteiger partial charge is 0.480 e. The number of allylic oxidation sites excluding steroid dienone is 1. The Kier molecular flexibility index (Phi) is 6.47. The first-order valence-electron chi connectivity index (χ1n) is 11.0. The highest BCUT2D eigenvalue weighted by molar-refractivity contribution is 6.08. The third-order valence-corrected chi connectivity index (χ3v) is 6.07. The number of carbonyl (C=O) groups is 3. The molecule has 4 rings (SSSR count). The van der Waals surface area contributed by atoms with Crippen molar-refractivity contribution in [3.63, 3.8) is 0 Å². The fraction of sp³-hybridized carbons (Fsp3) is 0.222. The summed E-state index contributed by atoms with van der Waals surface area (Å²) in [4.78, 5) is 37.0. The molecule has 2 aromatic carbocycles. The van der Waals surface area contributed by atoms with Crippen molar-refractivity contribution in [3.05, 3.63) is 101 Å². The van der Waals surface area contributed by atoms with Crippen LogP contribution < -0.4 is 5.32 Å². The summed E-state index contributed by atoms with van der Waals surface area (Å²) < 4.78 is 1.85. The molecule has 0 aliphatic heterocycles. The molecule has 0 spiro atoms. The zero-order valence-electron chi connectivity index (χ0n) is 18.8. The number of aliphatic carboxylic acids is 1. The normalized spacial score (nSPS) is 19.5. The van der Waals surface area contributed by atoms with Crippen molar-refractivity contribution < 1.29 is 24.6 Å². The van der Waals surface area contributed by atoms with Gasteiger partial charge in [-0.25, -0.2) is 4.79 Å². The van der Waals surface area contributed by atoms with Gasteiger partial charge in [-0.05, 0) is 36.8 Å². The zero-order valence-corrected chi connectivity index (χ0v) is 18.8. The molecule has 174 valence electrons. The lowest BCUT2D eigenvalue weighted by Crippen LogP contribution is -2.64. The number of aliphatic hydroxyl groups is 1. The van der Waals surface area contributed by atoms with Crippen LogP contribution in [0.15, 0.2) is 72.9 Å². The first kappa shape index (κ1) is 23.2. The van der Waals surface area contributed by atoms with Gasteiger partial charge in [0.25, 0.3) is 5.91 Å². The molecule has 7 heteroatoms. The van der Waals surface area contributed by atoms with Crippen molar-refractivity contribution in [3.8, 4) is 0 Å². The van der Waals surface area contributed by atoms with E-state index in [4.69, 9.17) is 0 Å². The van der Waals surface area contributed by atoms with E-state index in [1.165, 1.54) is 0 Å². The summed E-state index contributed by atoms with van der Waals surface area (Å²) in [6.45, 7) is 2.44. The summed E-state index contributed by atoms with van der Waals surface area (Å²) in [6.07, 6.45) is 4.85. The third kappa shape index (κ3) is 4.84. The number of benzene rings is 2. The number of rotatable bonds is 8. The Balaban J connectivity index is 1.43. The van der Waals surface area contributed by atoms with E-state index in [9.17, 15) is 24.6 Å². The number of aryl methyl sites for hydroxylation is 1. The standard InChI is InChI=1S/C27H26N2O5/c1-18-9-11-20(12-10-18)24(31)23-8-4-14-29(23)13-3-6-19-5-2-7-21(15-19)25(32)28-27(26(33)34)16-22(30)17-27/h2-12,14-15,22,30H,13,16-17H2,1H3,(H,28,32)(H,33,34)/b6-3+. The summed E-state index contributed by atoms with van der Waals surface area (Å²) >= 11 is 0. The summed E-state index contributed by atoms with van der Waals surface area (Å²) in [7, 11) is 0. The van der Waals surface area contributed by atoms with Gasteiger partial charge in [-0.2, -0.15) is 0 Å². The van der Waals surface area contributed by atoms with Gasteiger partial charge in [0.2, 0.25) is 5.78 Å². The van der Waals surface area contributed by atoms with Crippen LogP contribution in [0.2, 0.25) is 0 Å². The van der Waals surface area contributed by atoms with E-state index in [1.807, 2.05) is 66.2 Å². The lowest BCUT2D eigenvalue weighted by Gasteiger charge is -2.42. The number of carbonyl (C=O) groups excluding carboxylic acids is 2. The molecule has 3 N–H and O–H groups in total. The van der Waals surface area contributed by atoms with Crippen LogP contribution in [0.5, 0.6) is 0 Å². The minimum absolute atomic E-state index is 0.00577. The van der Waals surface area contributed by atoms with Crippen LogP contribution in [0.4, 0.5) is 0 Å². The number of hydrogen-bond acceptors (Lipinski definition) is 4. The van der Waals surface area contributed by atoms with Gasteiger partial charge in [0.1, 0.15) is 5.54 Å². The number of amides is 1. The Morgan fingerprint density at radius 2 is 1.79 bits per heavy atom. The Morgan fingerprint density at radius 1 is 1.06 bits per heavy atom. The van der Waals surface area contributed by atoms with Crippen molar-refractivity contribution in [2.75, 3.05) is 0 Å². The van der Waals surface area contributed by atoms with Crippen molar-refractivity contribution in [2.24, 2.45) is 0 Å². The molecule has 0 saturated heterocycles. The second-order valence-corrected chi connectivity index (χ2v) is 8.67. The second kappa shape index (κ2) is 9.49. The van der Waals surface area contributed by atoms with Gasteiger partial charge in [-0.3, -0.25) is 9.59 Å². The van der Waals surface area contributed by atoms with E-state index in [0.717, 1.165) is 11.1 Å². The Bertz CT molecular complexity index is 1250. The van der Waals surface area contributed by atoms with Gasteiger partial charge in [-0.15, -0.1) is 0 Å². The van der Waals surface area contributed by atoms with Gasteiger partial charge in [0, 0.05) is 36.7 Å². The fourth-order valence-electron chi connectivity index (χ4n) is 4.08. The molecule has 0 bridgehead atoms. The van der Waals surface area contributed by atoms with Crippen LogP contribution in [-0.2, 0) is 11.3 Å². The van der Waals surface area contributed by atoms with Crippen LogP contribution in [-0.4, -0.2) is 44.1 Å². The van der Waals surface area contributed by atoms with Crippen LogP contribution in [0, 0.1) is 6.92 Å². The number of hydrogen-bond donors (Lipinski definition) is 3. The predicted octanol–water partition coefficient (Wildman–Crippen LogP) is 3.45. The molecular formula is C27H26N2O5. The maximum Gasteiger partial charge on any atom is 0.329 e. The van der Waals surface area contributed by atoms with Crippen LogP contribution in [0.1, 0.15) is 50.4 Å². The summed E-state index contributed by atoms with van der Waals surface area (Å²) in [5.74, 6) is -1.70. The molecule has 1 aromatic heterocycles. The highest BCUT2D eigenvalue weighted by atomic mass is 16.4. The number of aliphatic hydroxyl groups excluding tert-OH is 1. The van der Waals surface area contributed by atoms with Crippen molar-refractivity contribution in [1.29, 1.82) is 0 Å². The monoisotopic (exact) mass is 458 g/mol. The van der Waals surface area contributed by atoms with Crippen molar-refractivity contribution in [1.82, 2.24) is 9.88 Å². The maximum atomic E-state index is 12.9. The van der Waals surface area contributed by atoms with E-state index in [1.54, 1.807) is 24.3 Å². The van der Waals surface area contributed by atoms with Gasteiger partial charge in [0.05, 0.1) is 11.8 Å². The predicted molar refractivity (Wildman–Crippen MR) is 128 cm³/mol. The number of nitrogens with one attached hydrogen (secondary N) is 1.